The van der Waals surface area contributed by atoms with Gasteiger partial charge in [-0.25, -0.2) is 4.39 Å². The van der Waals surface area contributed by atoms with Crippen LogP contribution in [0.1, 0.15) is 18.4 Å². The summed E-state index contributed by atoms with van der Waals surface area (Å²) in [7, 11) is 0. The first-order chi connectivity index (χ1) is 8.72. The first kappa shape index (κ1) is 15.0. The van der Waals surface area contributed by atoms with Gasteiger partial charge in [-0.15, -0.1) is 12.4 Å². The largest absolute Gasteiger partial charge is 0.314 e. The van der Waals surface area contributed by atoms with Crippen molar-refractivity contribution in [2.24, 2.45) is 5.92 Å². The number of hydrogen-bond acceptors (Lipinski definition) is 2. The molecule has 2 atom stereocenters. The number of nitrogens with one attached hydrogen (secondary N) is 1. The molecule has 2 heterocycles. The van der Waals surface area contributed by atoms with E-state index in [-0.39, 0.29) is 18.2 Å². The molecule has 2 nitrogen and oxygen atoms in total. The van der Waals surface area contributed by atoms with Gasteiger partial charge in [-0.05, 0) is 44.0 Å². The summed E-state index contributed by atoms with van der Waals surface area (Å²) in [5.41, 5.74) is 0.754. The summed E-state index contributed by atoms with van der Waals surface area (Å²) in [6, 6.07) is 5.66. The van der Waals surface area contributed by atoms with Crippen molar-refractivity contribution in [1.29, 1.82) is 0 Å². The number of likely N-dealkylation sites (tertiary alicyclic amines) is 1. The van der Waals surface area contributed by atoms with Crippen molar-refractivity contribution in [3.8, 4) is 0 Å². The second-order valence-electron chi connectivity index (χ2n) is 5.37. The van der Waals surface area contributed by atoms with Crippen LogP contribution in [0.4, 0.5) is 4.39 Å². The Bertz CT molecular complexity index is 441. The highest BCUT2D eigenvalue weighted by Crippen LogP contribution is 2.26. The Hall–Kier alpha value is -0.350. The van der Waals surface area contributed by atoms with Gasteiger partial charge in [-0.3, -0.25) is 4.90 Å². The molecule has 2 unspecified atom stereocenters. The Labute approximate surface area is 124 Å². The zero-order valence-corrected chi connectivity index (χ0v) is 12.3. The topological polar surface area (TPSA) is 15.3 Å². The molecule has 0 saturated carbocycles. The molecule has 3 rings (SSSR count). The standard InChI is InChI=1S/C14H18ClFN2.ClH/c15-12-2-1-10(13(16)7-12)8-18-6-4-14-11(9-18)3-5-17-14;/h1-2,7,11,14,17H,3-6,8-9H2;1H. The first-order valence-electron chi connectivity index (χ1n) is 6.62. The van der Waals surface area contributed by atoms with Gasteiger partial charge in [0.2, 0.25) is 0 Å². The van der Waals surface area contributed by atoms with Gasteiger partial charge < -0.3 is 5.32 Å². The average molecular weight is 305 g/mol. The van der Waals surface area contributed by atoms with Crippen LogP contribution in [-0.4, -0.2) is 30.6 Å². The summed E-state index contributed by atoms with van der Waals surface area (Å²) in [4.78, 5) is 2.36. The molecule has 0 spiro atoms. The molecule has 2 aliphatic rings. The fourth-order valence-corrected chi connectivity index (χ4v) is 3.32. The molecule has 2 saturated heterocycles. The molecule has 0 aliphatic carbocycles. The van der Waals surface area contributed by atoms with Crippen molar-refractivity contribution in [3.05, 3.63) is 34.6 Å². The lowest BCUT2D eigenvalue weighted by Gasteiger charge is -2.34. The Balaban J connectivity index is 0.00000133. The van der Waals surface area contributed by atoms with Gasteiger partial charge in [-0.2, -0.15) is 0 Å². The lowest BCUT2D eigenvalue weighted by molar-refractivity contribution is 0.154. The van der Waals surface area contributed by atoms with E-state index in [9.17, 15) is 4.39 Å². The minimum atomic E-state index is -0.186. The van der Waals surface area contributed by atoms with Crippen molar-refractivity contribution in [2.75, 3.05) is 19.6 Å². The molecule has 0 aromatic heterocycles. The zero-order chi connectivity index (χ0) is 12.5. The fourth-order valence-electron chi connectivity index (χ4n) is 3.16. The molecule has 2 fully saturated rings. The third kappa shape index (κ3) is 3.40. The average Bonchev–Trinajstić information content (AvgIpc) is 2.80. The minimum Gasteiger partial charge on any atom is -0.314 e. The highest BCUT2D eigenvalue weighted by Gasteiger charge is 2.32. The highest BCUT2D eigenvalue weighted by molar-refractivity contribution is 6.30. The van der Waals surface area contributed by atoms with E-state index in [1.165, 1.54) is 18.9 Å². The number of hydrogen-bond donors (Lipinski definition) is 1. The molecule has 0 amide bonds. The summed E-state index contributed by atoms with van der Waals surface area (Å²) in [5.74, 6) is 0.559. The van der Waals surface area contributed by atoms with Gasteiger partial charge in [0.1, 0.15) is 5.82 Å². The highest BCUT2D eigenvalue weighted by atomic mass is 35.5. The van der Waals surface area contributed by atoms with E-state index in [1.807, 2.05) is 0 Å². The molecule has 19 heavy (non-hydrogen) atoms. The maximum absolute atomic E-state index is 13.8. The van der Waals surface area contributed by atoms with Crippen molar-refractivity contribution < 1.29 is 4.39 Å². The quantitative estimate of drug-likeness (QED) is 0.903. The number of benzene rings is 1. The van der Waals surface area contributed by atoms with Gasteiger partial charge in [0, 0.05) is 29.7 Å². The molecular formula is C14H19Cl2FN2. The maximum atomic E-state index is 13.8. The van der Waals surface area contributed by atoms with E-state index < -0.39 is 0 Å². The molecule has 1 aromatic rings. The van der Waals surface area contributed by atoms with Crippen LogP contribution >= 0.6 is 24.0 Å². The Morgan fingerprint density at radius 2 is 2.21 bits per heavy atom. The second-order valence-corrected chi connectivity index (χ2v) is 5.81. The van der Waals surface area contributed by atoms with Crippen molar-refractivity contribution in [2.45, 2.75) is 25.4 Å². The number of nitrogens with zero attached hydrogens (tertiary/aromatic N) is 1. The Kier molecular flexibility index (Phi) is 5.07. The third-order valence-corrected chi connectivity index (χ3v) is 4.38. The van der Waals surface area contributed by atoms with E-state index in [2.05, 4.69) is 10.2 Å². The van der Waals surface area contributed by atoms with Gasteiger partial charge in [0.05, 0.1) is 0 Å². The number of piperidine rings is 1. The van der Waals surface area contributed by atoms with E-state index >= 15 is 0 Å². The number of rotatable bonds is 2. The second kappa shape index (κ2) is 6.40. The molecule has 0 bridgehead atoms. The van der Waals surface area contributed by atoms with Crippen LogP contribution in [-0.2, 0) is 6.54 Å². The van der Waals surface area contributed by atoms with Gasteiger partial charge in [0.15, 0.2) is 0 Å². The van der Waals surface area contributed by atoms with Gasteiger partial charge >= 0.3 is 0 Å². The smallest absolute Gasteiger partial charge is 0.129 e. The summed E-state index contributed by atoms with van der Waals surface area (Å²) in [6.45, 7) is 3.97. The SMILES string of the molecule is Cl.Fc1cc(Cl)ccc1CN1CCC2NCCC2C1. The lowest BCUT2D eigenvalue weighted by atomic mass is 9.93. The van der Waals surface area contributed by atoms with Crippen LogP contribution in [0.15, 0.2) is 18.2 Å². The Morgan fingerprint density at radius 1 is 1.37 bits per heavy atom. The monoisotopic (exact) mass is 304 g/mol. The van der Waals surface area contributed by atoms with E-state index in [0.717, 1.165) is 31.1 Å². The molecular weight excluding hydrogens is 286 g/mol. The van der Waals surface area contributed by atoms with Gasteiger partial charge in [0.25, 0.3) is 0 Å². The van der Waals surface area contributed by atoms with Crippen LogP contribution in [0.2, 0.25) is 5.02 Å². The van der Waals surface area contributed by atoms with Crippen LogP contribution < -0.4 is 5.32 Å². The predicted octanol–water partition coefficient (Wildman–Crippen LogP) is 3.08. The van der Waals surface area contributed by atoms with Crippen LogP contribution in [0, 0.1) is 11.7 Å². The molecule has 1 N–H and O–H groups in total. The normalized spacial score (nSPS) is 26.8. The fraction of sp³-hybridized carbons (Fsp3) is 0.571. The van der Waals surface area contributed by atoms with Crippen molar-refractivity contribution in [3.63, 3.8) is 0 Å². The molecule has 106 valence electrons. The van der Waals surface area contributed by atoms with Crippen molar-refractivity contribution in [1.82, 2.24) is 10.2 Å². The first-order valence-corrected chi connectivity index (χ1v) is 7.00. The molecule has 0 radical (unpaired) electrons. The van der Waals surface area contributed by atoms with E-state index in [1.54, 1.807) is 12.1 Å². The van der Waals surface area contributed by atoms with E-state index in [4.69, 9.17) is 11.6 Å². The number of fused-ring (bicyclic) bond motifs is 1. The molecule has 5 heteroatoms. The predicted molar refractivity (Wildman–Crippen MR) is 78.4 cm³/mol. The summed E-state index contributed by atoms with van der Waals surface area (Å²) in [5, 5.41) is 4.01. The lowest BCUT2D eigenvalue weighted by Crippen LogP contribution is -2.44. The van der Waals surface area contributed by atoms with Crippen molar-refractivity contribution >= 4 is 24.0 Å². The summed E-state index contributed by atoms with van der Waals surface area (Å²) < 4.78 is 13.8. The zero-order valence-electron chi connectivity index (χ0n) is 10.7. The third-order valence-electron chi connectivity index (χ3n) is 4.15. The Morgan fingerprint density at radius 3 is 3.00 bits per heavy atom. The van der Waals surface area contributed by atoms with Crippen LogP contribution in [0.3, 0.4) is 0 Å². The summed E-state index contributed by atoms with van der Waals surface area (Å²) in [6.07, 6.45) is 2.43. The maximum Gasteiger partial charge on any atom is 0.129 e. The molecule has 2 aliphatic heterocycles. The minimum absolute atomic E-state index is 0. The van der Waals surface area contributed by atoms with Crippen LogP contribution in [0.5, 0.6) is 0 Å². The number of halogens is 3. The van der Waals surface area contributed by atoms with Gasteiger partial charge in [-0.1, -0.05) is 17.7 Å². The van der Waals surface area contributed by atoms with Crippen LogP contribution in [0.25, 0.3) is 0 Å². The summed E-state index contributed by atoms with van der Waals surface area (Å²) >= 11 is 5.77. The molecule has 1 aromatic carbocycles. The van der Waals surface area contributed by atoms with E-state index in [0.29, 0.717) is 17.6 Å².